The first kappa shape index (κ1) is 24.1. The second kappa shape index (κ2) is 10.6. The third-order valence-electron chi connectivity index (χ3n) is 5.52. The summed E-state index contributed by atoms with van der Waals surface area (Å²) in [5.74, 6) is 1.43. The number of nitrogens with zero attached hydrogens (tertiary/aromatic N) is 2. The van der Waals surface area contributed by atoms with Gasteiger partial charge in [0.15, 0.2) is 17.1 Å². The lowest BCUT2D eigenvalue weighted by Crippen LogP contribution is -2.09. The van der Waals surface area contributed by atoms with Gasteiger partial charge in [-0.2, -0.15) is 0 Å². The number of rotatable bonds is 7. The standard InChI is InChI=1S/C29H21ClN2O5/c1-34-23-5-3-4-20(15-23)28-32-24-16-22(11-13-25(24)36-28)31-17-18-6-12-26(27(14-18)35-2)37-29(33)19-7-9-21(30)10-8-19/h3-17H,1-2H3. The van der Waals surface area contributed by atoms with Crippen molar-refractivity contribution < 1.29 is 23.4 Å². The normalized spacial score (nSPS) is 11.1. The number of oxazole rings is 1. The molecule has 0 aliphatic rings. The Morgan fingerprint density at radius 1 is 0.919 bits per heavy atom. The molecule has 0 aliphatic carbocycles. The van der Waals surface area contributed by atoms with Crippen molar-refractivity contribution in [1.82, 2.24) is 4.98 Å². The van der Waals surface area contributed by atoms with Gasteiger partial charge in [0.2, 0.25) is 5.89 Å². The zero-order chi connectivity index (χ0) is 25.8. The molecule has 7 nitrogen and oxygen atoms in total. The van der Waals surface area contributed by atoms with E-state index in [4.69, 9.17) is 30.2 Å². The van der Waals surface area contributed by atoms with E-state index < -0.39 is 5.97 Å². The minimum absolute atomic E-state index is 0.300. The van der Waals surface area contributed by atoms with E-state index >= 15 is 0 Å². The summed E-state index contributed by atoms with van der Waals surface area (Å²) in [5.41, 5.74) is 4.02. The Bertz CT molecular complexity index is 1610. The van der Waals surface area contributed by atoms with Crippen LogP contribution < -0.4 is 14.2 Å². The summed E-state index contributed by atoms with van der Waals surface area (Å²) in [4.78, 5) is 21.6. The van der Waals surface area contributed by atoms with E-state index in [1.54, 1.807) is 55.8 Å². The van der Waals surface area contributed by atoms with E-state index in [2.05, 4.69) is 9.98 Å². The Hall–Kier alpha value is -4.62. The van der Waals surface area contributed by atoms with Crippen LogP contribution in [0.15, 0.2) is 94.3 Å². The molecule has 184 valence electrons. The van der Waals surface area contributed by atoms with Crippen molar-refractivity contribution in [3.05, 3.63) is 101 Å². The number of aromatic nitrogens is 1. The lowest BCUT2D eigenvalue weighted by molar-refractivity contribution is 0.0729. The second-order valence-corrected chi connectivity index (χ2v) is 8.40. The van der Waals surface area contributed by atoms with Gasteiger partial charge in [0.1, 0.15) is 11.3 Å². The molecule has 0 N–H and O–H groups in total. The molecule has 0 spiro atoms. The lowest BCUT2D eigenvalue weighted by atomic mass is 10.2. The van der Waals surface area contributed by atoms with E-state index in [-0.39, 0.29) is 0 Å². The van der Waals surface area contributed by atoms with Gasteiger partial charge in [-0.1, -0.05) is 17.7 Å². The Balaban J connectivity index is 1.33. The number of aliphatic imine (C=N–C) groups is 1. The van der Waals surface area contributed by atoms with Crippen LogP contribution in [-0.2, 0) is 0 Å². The van der Waals surface area contributed by atoms with Gasteiger partial charge in [-0.25, -0.2) is 9.78 Å². The van der Waals surface area contributed by atoms with E-state index in [1.807, 2.05) is 42.5 Å². The summed E-state index contributed by atoms with van der Waals surface area (Å²) in [7, 11) is 3.13. The van der Waals surface area contributed by atoms with Crippen molar-refractivity contribution in [2.45, 2.75) is 0 Å². The predicted octanol–water partition coefficient (Wildman–Crippen LogP) is 7.14. The molecule has 0 atom stereocenters. The van der Waals surface area contributed by atoms with E-state index in [9.17, 15) is 4.79 Å². The topological polar surface area (TPSA) is 83.2 Å². The summed E-state index contributed by atoms with van der Waals surface area (Å²) >= 11 is 5.88. The number of methoxy groups -OCH3 is 2. The van der Waals surface area contributed by atoms with Crippen LogP contribution in [0.4, 0.5) is 5.69 Å². The minimum Gasteiger partial charge on any atom is -0.497 e. The van der Waals surface area contributed by atoms with E-state index in [0.29, 0.717) is 44.8 Å². The first-order valence-electron chi connectivity index (χ1n) is 11.3. The summed E-state index contributed by atoms with van der Waals surface area (Å²) in [6.45, 7) is 0. The summed E-state index contributed by atoms with van der Waals surface area (Å²) < 4.78 is 22.1. The van der Waals surface area contributed by atoms with Crippen molar-refractivity contribution in [3.8, 4) is 28.7 Å². The lowest BCUT2D eigenvalue weighted by Gasteiger charge is -2.10. The smallest absolute Gasteiger partial charge is 0.343 e. The summed E-state index contributed by atoms with van der Waals surface area (Å²) in [6, 6.07) is 24.7. The maximum atomic E-state index is 12.5. The highest BCUT2D eigenvalue weighted by atomic mass is 35.5. The second-order valence-electron chi connectivity index (χ2n) is 7.97. The average molecular weight is 513 g/mol. The molecular formula is C29H21ClN2O5. The molecule has 5 rings (SSSR count). The number of benzene rings is 4. The Morgan fingerprint density at radius 2 is 1.76 bits per heavy atom. The monoisotopic (exact) mass is 512 g/mol. The van der Waals surface area contributed by atoms with Crippen molar-refractivity contribution >= 4 is 40.6 Å². The molecule has 0 bridgehead atoms. The number of hydrogen-bond acceptors (Lipinski definition) is 7. The molecule has 4 aromatic carbocycles. The minimum atomic E-state index is -0.509. The summed E-state index contributed by atoms with van der Waals surface area (Å²) in [6.07, 6.45) is 1.69. The van der Waals surface area contributed by atoms with Crippen LogP contribution in [0, 0.1) is 0 Å². The maximum absolute atomic E-state index is 12.5. The molecule has 0 saturated heterocycles. The van der Waals surface area contributed by atoms with Crippen LogP contribution in [-0.4, -0.2) is 31.4 Å². The fourth-order valence-corrected chi connectivity index (χ4v) is 3.74. The van der Waals surface area contributed by atoms with Crippen LogP contribution in [0.25, 0.3) is 22.6 Å². The highest BCUT2D eigenvalue weighted by molar-refractivity contribution is 6.30. The van der Waals surface area contributed by atoms with Gasteiger partial charge in [-0.3, -0.25) is 4.99 Å². The number of ether oxygens (including phenoxy) is 3. The van der Waals surface area contributed by atoms with E-state index in [0.717, 1.165) is 16.9 Å². The fourth-order valence-electron chi connectivity index (χ4n) is 3.62. The molecule has 0 amide bonds. The molecule has 0 fully saturated rings. The maximum Gasteiger partial charge on any atom is 0.343 e. The average Bonchev–Trinajstić information content (AvgIpc) is 3.36. The predicted molar refractivity (Wildman–Crippen MR) is 143 cm³/mol. The number of hydrogen-bond donors (Lipinski definition) is 0. The Morgan fingerprint density at radius 3 is 2.54 bits per heavy atom. The fraction of sp³-hybridized carbons (Fsp3) is 0.0690. The third-order valence-corrected chi connectivity index (χ3v) is 5.77. The number of fused-ring (bicyclic) bond motifs is 1. The van der Waals surface area contributed by atoms with Crippen molar-refractivity contribution in [2.75, 3.05) is 14.2 Å². The van der Waals surface area contributed by atoms with Gasteiger partial charge in [-0.05, 0) is 84.4 Å². The van der Waals surface area contributed by atoms with Crippen molar-refractivity contribution in [2.24, 2.45) is 4.99 Å². The number of carbonyl (C=O) groups is 1. The summed E-state index contributed by atoms with van der Waals surface area (Å²) in [5, 5.41) is 0.540. The molecule has 1 heterocycles. The van der Waals surface area contributed by atoms with E-state index in [1.165, 1.54) is 7.11 Å². The largest absolute Gasteiger partial charge is 0.497 e. The number of esters is 1. The SMILES string of the molecule is COc1cccc(-c2nc3cc(N=Cc4ccc(OC(=O)c5ccc(Cl)cc5)c(OC)c4)ccc3o2)c1. The van der Waals surface area contributed by atoms with Crippen LogP contribution >= 0.6 is 11.6 Å². The molecule has 5 aromatic rings. The van der Waals surface area contributed by atoms with Crippen LogP contribution in [0.2, 0.25) is 5.02 Å². The first-order valence-corrected chi connectivity index (χ1v) is 11.6. The zero-order valence-electron chi connectivity index (χ0n) is 20.0. The van der Waals surface area contributed by atoms with Crippen LogP contribution in [0.3, 0.4) is 0 Å². The quantitative estimate of drug-likeness (QED) is 0.131. The molecule has 0 unspecified atom stereocenters. The van der Waals surface area contributed by atoms with Gasteiger partial charge < -0.3 is 18.6 Å². The zero-order valence-corrected chi connectivity index (χ0v) is 20.7. The molecule has 0 aliphatic heterocycles. The van der Waals surface area contributed by atoms with Crippen molar-refractivity contribution in [1.29, 1.82) is 0 Å². The van der Waals surface area contributed by atoms with Gasteiger partial charge >= 0.3 is 5.97 Å². The van der Waals surface area contributed by atoms with Gasteiger partial charge in [-0.15, -0.1) is 0 Å². The van der Waals surface area contributed by atoms with Gasteiger partial charge in [0.25, 0.3) is 0 Å². The molecule has 8 heteroatoms. The highest BCUT2D eigenvalue weighted by Crippen LogP contribution is 2.30. The van der Waals surface area contributed by atoms with Crippen LogP contribution in [0.1, 0.15) is 15.9 Å². The first-order chi connectivity index (χ1) is 18.0. The molecule has 37 heavy (non-hydrogen) atoms. The van der Waals surface area contributed by atoms with Gasteiger partial charge in [0, 0.05) is 16.8 Å². The molecular weight excluding hydrogens is 492 g/mol. The molecule has 0 radical (unpaired) electrons. The molecule has 0 saturated carbocycles. The third kappa shape index (κ3) is 5.47. The van der Waals surface area contributed by atoms with Crippen molar-refractivity contribution in [3.63, 3.8) is 0 Å². The Kier molecular flexibility index (Phi) is 6.87. The Labute approximate surface area is 217 Å². The number of halogens is 1. The van der Waals surface area contributed by atoms with Crippen LogP contribution in [0.5, 0.6) is 17.2 Å². The molecule has 1 aromatic heterocycles. The van der Waals surface area contributed by atoms with Gasteiger partial charge in [0.05, 0.1) is 25.5 Å². The highest BCUT2D eigenvalue weighted by Gasteiger charge is 2.13. The number of carbonyl (C=O) groups excluding carboxylic acids is 1.